The molecule has 3 aromatic carbocycles. The third-order valence-electron chi connectivity index (χ3n) is 7.93. The smallest absolute Gasteiger partial charge is 0.225 e. The Balaban J connectivity index is 1.37. The Hall–Kier alpha value is -3.65. The average Bonchev–Trinajstić information content (AvgIpc) is 3.38. The lowest BCUT2D eigenvalue weighted by Gasteiger charge is -2.25. The summed E-state index contributed by atoms with van der Waals surface area (Å²) in [6, 6.07) is 33.3. The Morgan fingerprint density at radius 3 is 1.78 bits per heavy atom. The molecular formula is C29H27N4O2S+3. The highest BCUT2D eigenvalue weighted by atomic mass is 32.2. The van der Waals surface area contributed by atoms with E-state index in [1.807, 2.05) is 12.1 Å². The van der Waals surface area contributed by atoms with Crippen LogP contribution in [-0.2, 0) is 29.5 Å². The van der Waals surface area contributed by atoms with Gasteiger partial charge in [0, 0.05) is 41.5 Å². The van der Waals surface area contributed by atoms with E-state index in [1.165, 1.54) is 33.2 Å². The molecular weight excluding hydrogens is 468 g/mol. The van der Waals surface area contributed by atoms with E-state index < -0.39 is 10.0 Å². The molecule has 5 aromatic rings. The number of quaternary nitrogens is 1. The number of sulfonamides is 1. The Kier molecular flexibility index (Phi) is 4.61. The van der Waals surface area contributed by atoms with Crippen LogP contribution in [0.3, 0.4) is 0 Å². The van der Waals surface area contributed by atoms with Gasteiger partial charge in [-0.05, 0) is 42.0 Å². The van der Waals surface area contributed by atoms with Gasteiger partial charge < -0.3 is 0 Å². The average molecular weight is 496 g/mol. The van der Waals surface area contributed by atoms with Gasteiger partial charge >= 0.3 is 6.29 Å². The predicted molar refractivity (Wildman–Crippen MR) is 137 cm³/mol. The van der Waals surface area contributed by atoms with Crippen LogP contribution in [0.15, 0.2) is 102 Å². The molecule has 2 aliphatic rings. The summed E-state index contributed by atoms with van der Waals surface area (Å²) >= 11 is 0. The third kappa shape index (κ3) is 3.20. The number of hydrogen-bond acceptors (Lipinski definition) is 2. The maximum atomic E-state index is 11.7. The van der Waals surface area contributed by atoms with Gasteiger partial charge in [0.15, 0.2) is 13.1 Å². The van der Waals surface area contributed by atoms with Gasteiger partial charge in [-0.3, -0.25) is 0 Å². The number of fused-ring (bicyclic) bond motifs is 9. The molecule has 7 heteroatoms. The summed E-state index contributed by atoms with van der Waals surface area (Å²) in [5.74, 6) is 0. The van der Waals surface area contributed by atoms with Gasteiger partial charge in [-0.15, -0.1) is 0 Å². The predicted octanol–water partition coefficient (Wildman–Crippen LogP) is 3.31. The fourth-order valence-corrected chi connectivity index (χ4v) is 6.80. The molecule has 0 aliphatic carbocycles. The molecule has 0 spiro atoms. The lowest BCUT2D eigenvalue weighted by atomic mass is 10.1. The second-order valence-electron chi connectivity index (χ2n) is 10.1. The summed E-state index contributed by atoms with van der Waals surface area (Å²) < 4.78 is 29.4. The van der Waals surface area contributed by atoms with E-state index in [-0.39, 0.29) is 11.2 Å². The van der Waals surface area contributed by atoms with Crippen LogP contribution in [0.2, 0.25) is 0 Å². The highest BCUT2D eigenvalue weighted by Gasteiger charge is 2.65. The quantitative estimate of drug-likeness (QED) is 0.307. The highest BCUT2D eigenvalue weighted by Crippen LogP contribution is 2.37. The molecule has 0 amide bonds. The number of benzene rings is 3. The van der Waals surface area contributed by atoms with Crippen LogP contribution < -0.4 is 14.3 Å². The zero-order valence-electron chi connectivity index (χ0n) is 19.8. The number of para-hydroxylation sites is 2. The van der Waals surface area contributed by atoms with Crippen LogP contribution in [0.1, 0.15) is 23.2 Å². The van der Waals surface area contributed by atoms with E-state index in [0.29, 0.717) is 0 Å². The van der Waals surface area contributed by atoms with Crippen LogP contribution in [0.5, 0.6) is 0 Å². The van der Waals surface area contributed by atoms with E-state index in [4.69, 9.17) is 5.14 Å². The van der Waals surface area contributed by atoms with E-state index in [0.717, 1.165) is 36.1 Å². The summed E-state index contributed by atoms with van der Waals surface area (Å²) in [6.07, 6.45) is 0.969. The fourth-order valence-electron chi connectivity index (χ4n) is 6.28. The van der Waals surface area contributed by atoms with Crippen molar-refractivity contribution in [1.29, 1.82) is 0 Å². The summed E-state index contributed by atoms with van der Waals surface area (Å²) in [5.41, 5.74) is 6.31. The van der Waals surface area contributed by atoms with E-state index in [2.05, 4.69) is 81.9 Å². The Labute approximate surface area is 210 Å². The molecule has 0 fully saturated rings. The van der Waals surface area contributed by atoms with Crippen molar-refractivity contribution in [3.05, 3.63) is 114 Å². The number of nitrogens with two attached hydrogens (primary N) is 1. The first-order chi connectivity index (χ1) is 17.4. The molecule has 0 bridgehead atoms. The van der Waals surface area contributed by atoms with Gasteiger partial charge in [0.05, 0.1) is 11.4 Å². The molecule has 0 saturated heterocycles. The van der Waals surface area contributed by atoms with Crippen LogP contribution in [0.25, 0.3) is 21.8 Å². The first-order valence-corrected chi connectivity index (χ1v) is 13.8. The zero-order chi connectivity index (χ0) is 24.5. The van der Waals surface area contributed by atoms with Crippen molar-refractivity contribution in [3.63, 3.8) is 0 Å². The SMILES string of the molecule is NS(=O)(=O)c1ccc(CC[N+]23Cc4ccc5ccccc5[n+]4C2[n+]2c(ccc4ccccc42)C3)cc1. The maximum Gasteiger partial charge on any atom is 0.485 e. The molecule has 2 aromatic heterocycles. The summed E-state index contributed by atoms with van der Waals surface area (Å²) in [4.78, 5) is 0.155. The number of aromatic nitrogens is 2. The Morgan fingerprint density at radius 1 is 0.722 bits per heavy atom. The molecule has 4 heterocycles. The first-order valence-electron chi connectivity index (χ1n) is 12.2. The normalized spacial score (nSPS) is 20.4. The van der Waals surface area contributed by atoms with Crippen molar-refractivity contribution < 1.29 is 22.0 Å². The minimum atomic E-state index is -3.69. The standard InChI is InChI=1S/C29H27N4O2S/c30-36(34,35)26-15-9-21(10-16-26)17-18-33-19-24-13-11-22-5-1-3-7-27(22)31(24)29(33)32-25(20-33)14-12-23-6-2-4-8-28(23)32/h1-16,29H,17-20H2,(H2,30,34,35)/q+3. The molecule has 6 nitrogen and oxygen atoms in total. The van der Waals surface area contributed by atoms with Gasteiger partial charge in [0.2, 0.25) is 32.4 Å². The lowest BCUT2D eigenvalue weighted by Crippen LogP contribution is -2.63. The molecule has 7 rings (SSSR count). The molecule has 2 aliphatic heterocycles. The molecule has 178 valence electrons. The minimum Gasteiger partial charge on any atom is -0.225 e. The monoisotopic (exact) mass is 495 g/mol. The number of primary sulfonamides is 1. The van der Waals surface area contributed by atoms with Crippen molar-refractivity contribution >= 4 is 31.8 Å². The van der Waals surface area contributed by atoms with E-state index in [1.54, 1.807) is 12.1 Å². The van der Waals surface area contributed by atoms with Crippen molar-refractivity contribution in [3.8, 4) is 0 Å². The highest BCUT2D eigenvalue weighted by molar-refractivity contribution is 7.89. The summed E-state index contributed by atoms with van der Waals surface area (Å²) in [7, 11) is -3.69. The van der Waals surface area contributed by atoms with Gasteiger partial charge in [0.25, 0.3) is 0 Å². The van der Waals surface area contributed by atoms with Crippen molar-refractivity contribution in [1.82, 2.24) is 0 Å². The van der Waals surface area contributed by atoms with Gasteiger partial charge in [-0.1, -0.05) is 45.5 Å². The minimum absolute atomic E-state index is 0.121. The van der Waals surface area contributed by atoms with E-state index in [9.17, 15) is 8.42 Å². The summed E-state index contributed by atoms with van der Waals surface area (Å²) in [6.45, 7) is 2.83. The zero-order valence-corrected chi connectivity index (χ0v) is 20.6. The molecule has 36 heavy (non-hydrogen) atoms. The van der Waals surface area contributed by atoms with Crippen LogP contribution in [0, 0.1) is 0 Å². The van der Waals surface area contributed by atoms with Crippen LogP contribution in [0.4, 0.5) is 0 Å². The number of nitrogens with zero attached hydrogens (tertiary/aromatic N) is 3. The molecule has 0 atom stereocenters. The van der Waals surface area contributed by atoms with E-state index >= 15 is 0 Å². The number of pyridine rings is 2. The lowest BCUT2D eigenvalue weighted by molar-refractivity contribution is -1.15. The first kappa shape index (κ1) is 21.6. The van der Waals surface area contributed by atoms with Crippen LogP contribution in [-0.4, -0.2) is 19.4 Å². The van der Waals surface area contributed by atoms with Gasteiger partial charge in [-0.25, -0.2) is 13.6 Å². The van der Waals surface area contributed by atoms with Crippen molar-refractivity contribution in [2.24, 2.45) is 5.14 Å². The largest absolute Gasteiger partial charge is 0.485 e. The number of hydrogen-bond donors (Lipinski definition) is 1. The van der Waals surface area contributed by atoms with Crippen molar-refractivity contribution in [2.75, 3.05) is 6.54 Å². The fraction of sp³-hybridized carbons (Fsp3) is 0.172. The van der Waals surface area contributed by atoms with Gasteiger partial charge in [0.1, 0.15) is 0 Å². The molecule has 0 radical (unpaired) electrons. The second-order valence-corrected chi connectivity index (χ2v) is 11.6. The maximum absolute atomic E-state index is 11.7. The van der Waals surface area contributed by atoms with Crippen LogP contribution >= 0.6 is 0 Å². The Morgan fingerprint density at radius 2 is 1.25 bits per heavy atom. The second kappa shape index (κ2) is 7.67. The Bertz CT molecular complexity index is 1690. The summed E-state index contributed by atoms with van der Waals surface area (Å²) in [5, 5.41) is 7.79. The number of rotatable bonds is 4. The van der Waals surface area contributed by atoms with Crippen molar-refractivity contribution in [2.45, 2.75) is 30.7 Å². The third-order valence-corrected chi connectivity index (χ3v) is 8.85. The topological polar surface area (TPSA) is 67.9 Å². The van der Waals surface area contributed by atoms with Gasteiger partial charge in [-0.2, -0.15) is 4.48 Å². The molecule has 0 unspecified atom stereocenters. The molecule has 2 N–H and O–H groups in total. The molecule has 0 saturated carbocycles.